The zero-order valence-corrected chi connectivity index (χ0v) is 15.2. The third-order valence-electron chi connectivity index (χ3n) is 3.60. The van der Waals surface area contributed by atoms with Crippen molar-refractivity contribution in [1.82, 2.24) is 0 Å². The summed E-state index contributed by atoms with van der Waals surface area (Å²) in [7, 11) is 0. The summed E-state index contributed by atoms with van der Waals surface area (Å²) in [5, 5.41) is 2.90. The third kappa shape index (κ3) is 3.99. The first-order valence-electron chi connectivity index (χ1n) is 7.67. The molecular formula is C18H19NO3S2. The summed E-state index contributed by atoms with van der Waals surface area (Å²) in [5.74, 6) is 1.37. The van der Waals surface area contributed by atoms with Gasteiger partial charge >= 0.3 is 0 Å². The summed E-state index contributed by atoms with van der Waals surface area (Å²) in [5.41, 5.74) is 0.749. The number of benzene rings is 2. The van der Waals surface area contributed by atoms with Crippen LogP contribution in [0.5, 0.6) is 11.5 Å². The van der Waals surface area contributed by atoms with E-state index in [9.17, 15) is 4.79 Å². The molecule has 6 heteroatoms. The lowest BCUT2D eigenvalue weighted by atomic mass is 10.2. The molecule has 1 amide bonds. The van der Waals surface area contributed by atoms with Crippen molar-refractivity contribution < 1.29 is 14.3 Å². The van der Waals surface area contributed by atoms with Gasteiger partial charge in [0, 0.05) is 21.9 Å². The number of hydrogen-bond donors (Lipinski definition) is 1. The second-order valence-electron chi connectivity index (χ2n) is 5.27. The topological polar surface area (TPSA) is 47.6 Å². The fourth-order valence-electron chi connectivity index (χ4n) is 2.21. The SMILES string of the molecule is CSC(C)C(=O)Nc1cc2c(cc1Sc1ccccc1)OCCO2. The summed E-state index contributed by atoms with van der Waals surface area (Å²) in [4.78, 5) is 14.3. The van der Waals surface area contributed by atoms with Gasteiger partial charge < -0.3 is 14.8 Å². The molecule has 3 rings (SSSR count). The van der Waals surface area contributed by atoms with Crippen LogP contribution in [-0.2, 0) is 4.79 Å². The van der Waals surface area contributed by atoms with E-state index in [4.69, 9.17) is 9.47 Å². The van der Waals surface area contributed by atoms with Gasteiger partial charge in [-0.2, -0.15) is 11.8 Å². The Morgan fingerprint density at radius 3 is 2.46 bits per heavy atom. The molecule has 0 saturated carbocycles. The highest BCUT2D eigenvalue weighted by Gasteiger charge is 2.19. The first kappa shape index (κ1) is 17.0. The van der Waals surface area contributed by atoms with Gasteiger partial charge in [-0.05, 0) is 25.3 Å². The van der Waals surface area contributed by atoms with Gasteiger partial charge in [-0.15, -0.1) is 0 Å². The van der Waals surface area contributed by atoms with Crippen molar-refractivity contribution >= 4 is 35.1 Å². The van der Waals surface area contributed by atoms with Gasteiger partial charge in [0.25, 0.3) is 0 Å². The second kappa shape index (κ2) is 7.85. The van der Waals surface area contributed by atoms with Crippen LogP contribution in [0.25, 0.3) is 0 Å². The lowest BCUT2D eigenvalue weighted by molar-refractivity contribution is -0.115. The third-order valence-corrected chi connectivity index (χ3v) is 5.58. The summed E-state index contributed by atoms with van der Waals surface area (Å²) in [6.45, 7) is 2.95. The van der Waals surface area contributed by atoms with E-state index >= 15 is 0 Å². The van der Waals surface area contributed by atoms with Gasteiger partial charge in [-0.1, -0.05) is 30.0 Å². The standard InChI is InChI=1S/C18H19NO3S2/c1-12(23-2)18(20)19-14-10-15-16(22-9-8-21-15)11-17(14)24-13-6-4-3-5-7-13/h3-7,10-12H,8-9H2,1-2H3,(H,19,20). The minimum Gasteiger partial charge on any atom is -0.486 e. The van der Waals surface area contributed by atoms with E-state index in [2.05, 4.69) is 5.32 Å². The molecule has 2 aromatic rings. The molecule has 0 saturated heterocycles. The van der Waals surface area contributed by atoms with Gasteiger partial charge in [0.2, 0.25) is 5.91 Å². The van der Waals surface area contributed by atoms with E-state index in [0.29, 0.717) is 19.0 Å². The summed E-state index contributed by atoms with van der Waals surface area (Å²) >= 11 is 3.11. The fraction of sp³-hybridized carbons (Fsp3) is 0.278. The molecule has 24 heavy (non-hydrogen) atoms. The Morgan fingerprint density at radius 2 is 1.79 bits per heavy atom. The van der Waals surface area contributed by atoms with Crippen LogP contribution in [0.15, 0.2) is 52.3 Å². The van der Waals surface area contributed by atoms with Crippen molar-refractivity contribution in [2.24, 2.45) is 0 Å². The molecule has 0 aliphatic carbocycles. The first-order valence-corrected chi connectivity index (χ1v) is 9.78. The summed E-state index contributed by atoms with van der Waals surface area (Å²) < 4.78 is 11.3. The fourth-order valence-corrected chi connectivity index (χ4v) is 3.42. The largest absolute Gasteiger partial charge is 0.486 e. The molecule has 1 unspecified atom stereocenters. The number of hydrogen-bond acceptors (Lipinski definition) is 5. The molecule has 0 fully saturated rings. The zero-order chi connectivity index (χ0) is 16.9. The quantitative estimate of drug-likeness (QED) is 0.860. The number of fused-ring (bicyclic) bond motifs is 1. The van der Waals surface area contributed by atoms with Crippen LogP contribution in [-0.4, -0.2) is 30.6 Å². The number of ether oxygens (including phenoxy) is 2. The van der Waals surface area contributed by atoms with Gasteiger partial charge in [0.05, 0.1) is 10.9 Å². The van der Waals surface area contributed by atoms with E-state index in [-0.39, 0.29) is 11.2 Å². The van der Waals surface area contributed by atoms with E-state index in [1.165, 1.54) is 11.8 Å². The Labute approximate surface area is 150 Å². The summed E-state index contributed by atoms with van der Waals surface area (Å²) in [6.07, 6.45) is 1.92. The monoisotopic (exact) mass is 361 g/mol. The van der Waals surface area contributed by atoms with Crippen LogP contribution in [0.1, 0.15) is 6.92 Å². The number of amides is 1. The van der Waals surface area contributed by atoms with E-state index in [1.807, 2.05) is 55.6 Å². The minimum absolute atomic E-state index is 0.0194. The predicted molar refractivity (Wildman–Crippen MR) is 99.6 cm³/mol. The van der Waals surface area contributed by atoms with Crippen LogP contribution < -0.4 is 14.8 Å². The van der Waals surface area contributed by atoms with Crippen molar-refractivity contribution in [3.63, 3.8) is 0 Å². The molecule has 0 spiro atoms. The Balaban J connectivity index is 1.93. The molecule has 1 heterocycles. The van der Waals surface area contributed by atoms with Crippen LogP contribution in [0, 0.1) is 0 Å². The van der Waals surface area contributed by atoms with Crippen molar-refractivity contribution in [1.29, 1.82) is 0 Å². The number of rotatable bonds is 5. The average Bonchev–Trinajstić information content (AvgIpc) is 2.62. The van der Waals surface area contributed by atoms with E-state index in [1.54, 1.807) is 11.8 Å². The molecule has 0 bridgehead atoms. The number of carbonyl (C=O) groups is 1. The Hall–Kier alpha value is -1.79. The smallest absolute Gasteiger partial charge is 0.237 e. The van der Waals surface area contributed by atoms with Crippen LogP contribution in [0.3, 0.4) is 0 Å². The molecule has 0 radical (unpaired) electrons. The van der Waals surface area contributed by atoms with Gasteiger partial charge in [0.15, 0.2) is 11.5 Å². The maximum absolute atomic E-state index is 12.3. The normalized spacial score (nSPS) is 14.1. The molecule has 0 aromatic heterocycles. The molecule has 1 aliphatic heterocycles. The highest BCUT2D eigenvalue weighted by Crippen LogP contribution is 2.42. The maximum atomic E-state index is 12.3. The Morgan fingerprint density at radius 1 is 1.12 bits per heavy atom. The zero-order valence-electron chi connectivity index (χ0n) is 13.6. The van der Waals surface area contributed by atoms with Crippen LogP contribution in [0.4, 0.5) is 5.69 Å². The van der Waals surface area contributed by atoms with Crippen molar-refractivity contribution in [3.05, 3.63) is 42.5 Å². The number of anilines is 1. The van der Waals surface area contributed by atoms with Crippen LogP contribution >= 0.6 is 23.5 Å². The molecule has 1 N–H and O–H groups in total. The van der Waals surface area contributed by atoms with Crippen molar-refractivity contribution in [2.45, 2.75) is 22.0 Å². The Kier molecular flexibility index (Phi) is 5.58. The lowest BCUT2D eigenvalue weighted by Gasteiger charge is -2.21. The number of thioether (sulfide) groups is 1. The average molecular weight is 361 g/mol. The maximum Gasteiger partial charge on any atom is 0.237 e. The van der Waals surface area contributed by atoms with Crippen molar-refractivity contribution in [3.8, 4) is 11.5 Å². The van der Waals surface area contributed by atoms with E-state index in [0.717, 1.165) is 21.2 Å². The summed E-state index contributed by atoms with van der Waals surface area (Å²) in [6, 6.07) is 13.8. The van der Waals surface area contributed by atoms with Crippen molar-refractivity contribution in [2.75, 3.05) is 24.8 Å². The molecule has 4 nitrogen and oxygen atoms in total. The first-order chi connectivity index (χ1) is 11.7. The molecule has 2 aromatic carbocycles. The highest BCUT2D eigenvalue weighted by atomic mass is 32.2. The molecular weight excluding hydrogens is 342 g/mol. The van der Waals surface area contributed by atoms with Gasteiger partial charge in [0.1, 0.15) is 13.2 Å². The Bertz CT molecular complexity index is 722. The number of nitrogens with one attached hydrogen (secondary N) is 1. The lowest BCUT2D eigenvalue weighted by Crippen LogP contribution is -2.23. The molecule has 1 atom stereocenters. The molecule has 1 aliphatic rings. The molecule has 126 valence electrons. The highest BCUT2D eigenvalue weighted by molar-refractivity contribution is 8.00. The van der Waals surface area contributed by atoms with Gasteiger partial charge in [-0.25, -0.2) is 0 Å². The predicted octanol–water partition coefficient (Wildman–Crippen LogP) is 4.30. The van der Waals surface area contributed by atoms with Gasteiger partial charge in [-0.3, -0.25) is 4.79 Å². The number of carbonyl (C=O) groups excluding carboxylic acids is 1. The van der Waals surface area contributed by atoms with E-state index < -0.39 is 0 Å². The second-order valence-corrected chi connectivity index (χ2v) is 7.57. The van der Waals surface area contributed by atoms with Crippen LogP contribution in [0.2, 0.25) is 0 Å². The minimum atomic E-state index is -0.118.